The van der Waals surface area contributed by atoms with Gasteiger partial charge < -0.3 is 4.74 Å². The van der Waals surface area contributed by atoms with Crippen LogP contribution in [0.5, 0.6) is 5.75 Å². The molecule has 5 nitrogen and oxygen atoms in total. The van der Waals surface area contributed by atoms with Gasteiger partial charge in [0.25, 0.3) is 5.91 Å². The number of benzene rings is 2. The van der Waals surface area contributed by atoms with Crippen molar-refractivity contribution in [3.05, 3.63) is 70.8 Å². The predicted molar refractivity (Wildman–Crippen MR) is 130 cm³/mol. The molecule has 2 aromatic carbocycles. The van der Waals surface area contributed by atoms with Crippen LogP contribution >= 0.6 is 24.0 Å². The zero-order valence-electron chi connectivity index (χ0n) is 17.7. The Balaban J connectivity index is 1.79. The van der Waals surface area contributed by atoms with Crippen LogP contribution in [0.4, 0.5) is 0 Å². The van der Waals surface area contributed by atoms with Gasteiger partial charge in [0.1, 0.15) is 15.8 Å². The van der Waals surface area contributed by atoms with Gasteiger partial charge >= 0.3 is 0 Å². The van der Waals surface area contributed by atoms with E-state index in [2.05, 4.69) is 13.0 Å². The van der Waals surface area contributed by atoms with Gasteiger partial charge in [-0.25, -0.2) is 4.68 Å². The van der Waals surface area contributed by atoms with Crippen molar-refractivity contribution in [1.29, 1.82) is 0 Å². The van der Waals surface area contributed by atoms with Crippen LogP contribution in [-0.2, 0) is 4.79 Å². The topological polar surface area (TPSA) is 47.4 Å². The quantitative estimate of drug-likeness (QED) is 0.369. The number of rotatable bonds is 6. The number of hydrogen-bond acceptors (Lipinski definition) is 5. The van der Waals surface area contributed by atoms with E-state index in [-0.39, 0.29) is 5.91 Å². The molecule has 158 valence electrons. The summed E-state index contributed by atoms with van der Waals surface area (Å²) in [5, 5.41) is 4.85. The molecule has 0 spiro atoms. The van der Waals surface area contributed by atoms with Gasteiger partial charge in [-0.1, -0.05) is 49.1 Å². The molecule has 1 amide bonds. The van der Waals surface area contributed by atoms with Crippen molar-refractivity contribution in [2.24, 2.45) is 0 Å². The molecule has 0 bridgehead atoms. The molecule has 0 unspecified atom stereocenters. The molecule has 31 heavy (non-hydrogen) atoms. The second-order valence-electron chi connectivity index (χ2n) is 7.28. The standard InChI is InChI=1S/C24H23N3O2S2/c1-4-12-29-20-11-10-17(13-16(20)2)22-18(14-21-23(28)26(3)24(30)31-21)15-27(25-22)19-8-6-5-7-9-19/h5-11,13-15H,4,12H2,1-3H3. The van der Waals surface area contributed by atoms with E-state index in [9.17, 15) is 4.79 Å². The van der Waals surface area contributed by atoms with Crippen LogP contribution in [0.2, 0.25) is 0 Å². The number of carbonyl (C=O) groups is 1. The summed E-state index contributed by atoms with van der Waals surface area (Å²) in [7, 11) is 1.70. The first-order valence-corrected chi connectivity index (χ1v) is 11.3. The monoisotopic (exact) mass is 449 g/mol. The zero-order chi connectivity index (χ0) is 22.0. The molecule has 0 saturated carbocycles. The summed E-state index contributed by atoms with van der Waals surface area (Å²) in [6.45, 7) is 4.81. The molecule has 0 radical (unpaired) electrons. The second-order valence-corrected chi connectivity index (χ2v) is 8.96. The highest BCUT2D eigenvalue weighted by Gasteiger charge is 2.29. The summed E-state index contributed by atoms with van der Waals surface area (Å²) >= 11 is 6.59. The molecule has 1 aliphatic rings. The van der Waals surface area contributed by atoms with E-state index >= 15 is 0 Å². The van der Waals surface area contributed by atoms with E-state index in [1.165, 1.54) is 16.7 Å². The Morgan fingerprint density at radius 3 is 2.61 bits per heavy atom. The third kappa shape index (κ3) is 4.43. The van der Waals surface area contributed by atoms with Gasteiger partial charge in [-0.3, -0.25) is 9.69 Å². The Hall–Kier alpha value is -2.90. The minimum Gasteiger partial charge on any atom is -0.493 e. The summed E-state index contributed by atoms with van der Waals surface area (Å²) in [6.07, 6.45) is 4.79. The minimum atomic E-state index is -0.0899. The van der Waals surface area contributed by atoms with Crippen molar-refractivity contribution in [1.82, 2.24) is 14.7 Å². The number of para-hydroxylation sites is 1. The molecule has 7 heteroatoms. The largest absolute Gasteiger partial charge is 0.493 e. The van der Waals surface area contributed by atoms with Crippen molar-refractivity contribution in [3.63, 3.8) is 0 Å². The van der Waals surface area contributed by atoms with Crippen molar-refractivity contribution in [2.75, 3.05) is 13.7 Å². The highest BCUT2D eigenvalue weighted by molar-refractivity contribution is 8.26. The van der Waals surface area contributed by atoms with Crippen LogP contribution < -0.4 is 4.74 Å². The summed E-state index contributed by atoms with van der Waals surface area (Å²) in [5.74, 6) is 0.786. The molecule has 2 heterocycles. The lowest BCUT2D eigenvalue weighted by Crippen LogP contribution is -2.22. The van der Waals surface area contributed by atoms with Crippen LogP contribution in [0.25, 0.3) is 23.0 Å². The van der Waals surface area contributed by atoms with E-state index in [1.807, 2.05) is 66.3 Å². The molecule has 1 fully saturated rings. The highest BCUT2D eigenvalue weighted by atomic mass is 32.2. The number of amides is 1. The molecule has 1 aliphatic heterocycles. The molecule has 4 rings (SSSR count). The molecule has 0 aliphatic carbocycles. The maximum atomic E-state index is 12.5. The third-order valence-corrected chi connectivity index (χ3v) is 6.43. The molecular weight excluding hydrogens is 426 g/mol. The third-order valence-electron chi connectivity index (χ3n) is 4.95. The smallest absolute Gasteiger partial charge is 0.265 e. The Morgan fingerprint density at radius 1 is 1.19 bits per heavy atom. The van der Waals surface area contributed by atoms with Crippen LogP contribution in [0, 0.1) is 6.92 Å². The maximum Gasteiger partial charge on any atom is 0.265 e. The van der Waals surface area contributed by atoms with Gasteiger partial charge in [0.05, 0.1) is 17.2 Å². The SMILES string of the molecule is CCCOc1ccc(-c2nn(-c3ccccc3)cc2C=C2SC(=S)N(C)C2=O)cc1C. The van der Waals surface area contributed by atoms with E-state index in [1.54, 1.807) is 7.05 Å². The number of thiocarbonyl (C=S) groups is 1. The Kier molecular flexibility index (Phi) is 6.25. The fourth-order valence-electron chi connectivity index (χ4n) is 3.29. The number of carbonyl (C=O) groups excluding carboxylic acids is 1. The van der Waals surface area contributed by atoms with E-state index in [0.29, 0.717) is 15.8 Å². The number of likely N-dealkylation sites (N-methyl/N-ethyl adjacent to an activating group) is 1. The van der Waals surface area contributed by atoms with Gasteiger partial charge in [-0.2, -0.15) is 5.10 Å². The Morgan fingerprint density at radius 2 is 1.97 bits per heavy atom. The summed E-state index contributed by atoms with van der Waals surface area (Å²) in [4.78, 5) is 14.6. The molecule has 1 saturated heterocycles. The number of ether oxygens (including phenoxy) is 1. The Labute approximate surface area is 191 Å². The first-order chi connectivity index (χ1) is 15.0. The molecule has 0 N–H and O–H groups in total. The normalized spacial score (nSPS) is 15.2. The van der Waals surface area contributed by atoms with Crippen LogP contribution in [0.3, 0.4) is 0 Å². The Bertz CT molecular complexity index is 1170. The van der Waals surface area contributed by atoms with Crippen LogP contribution in [0.1, 0.15) is 24.5 Å². The number of nitrogens with zero attached hydrogens (tertiary/aromatic N) is 3. The summed E-state index contributed by atoms with van der Waals surface area (Å²) in [6, 6.07) is 16.0. The molecule has 0 atom stereocenters. The first kappa shape index (κ1) is 21.3. The summed E-state index contributed by atoms with van der Waals surface area (Å²) < 4.78 is 8.22. The fourth-order valence-corrected chi connectivity index (χ4v) is 4.46. The lowest BCUT2D eigenvalue weighted by molar-refractivity contribution is -0.121. The van der Waals surface area contributed by atoms with E-state index in [4.69, 9.17) is 22.1 Å². The van der Waals surface area contributed by atoms with Gasteiger partial charge in [-0.05, 0) is 55.3 Å². The van der Waals surface area contributed by atoms with Gasteiger partial charge in [0.2, 0.25) is 0 Å². The van der Waals surface area contributed by atoms with Crippen molar-refractivity contribution >= 4 is 40.3 Å². The number of aryl methyl sites for hydroxylation is 1. The summed E-state index contributed by atoms with van der Waals surface area (Å²) in [5.41, 5.74) is 4.63. The van der Waals surface area contributed by atoms with Crippen molar-refractivity contribution < 1.29 is 9.53 Å². The number of aromatic nitrogens is 2. The molecule has 3 aromatic rings. The van der Waals surface area contributed by atoms with Crippen LogP contribution in [-0.4, -0.2) is 38.6 Å². The van der Waals surface area contributed by atoms with E-state index < -0.39 is 0 Å². The lowest BCUT2D eigenvalue weighted by atomic mass is 10.0. The first-order valence-electron chi connectivity index (χ1n) is 10.1. The van der Waals surface area contributed by atoms with Crippen molar-refractivity contribution in [2.45, 2.75) is 20.3 Å². The van der Waals surface area contributed by atoms with Crippen molar-refractivity contribution in [3.8, 4) is 22.7 Å². The number of thioether (sulfide) groups is 1. The highest BCUT2D eigenvalue weighted by Crippen LogP contribution is 2.35. The fraction of sp³-hybridized carbons (Fsp3) is 0.208. The minimum absolute atomic E-state index is 0.0899. The maximum absolute atomic E-state index is 12.5. The van der Waals surface area contributed by atoms with Gasteiger partial charge in [0, 0.05) is 24.4 Å². The average molecular weight is 450 g/mol. The van der Waals surface area contributed by atoms with Gasteiger partial charge in [0.15, 0.2) is 0 Å². The van der Waals surface area contributed by atoms with Crippen LogP contribution in [0.15, 0.2) is 59.6 Å². The zero-order valence-corrected chi connectivity index (χ0v) is 19.3. The van der Waals surface area contributed by atoms with E-state index in [0.717, 1.165) is 40.2 Å². The lowest BCUT2D eigenvalue weighted by Gasteiger charge is -2.09. The number of hydrogen-bond donors (Lipinski definition) is 0. The average Bonchev–Trinajstić information content (AvgIpc) is 3.30. The molecular formula is C24H23N3O2S2. The second kappa shape index (κ2) is 9.08. The predicted octanol–water partition coefficient (Wildman–Crippen LogP) is 5.47. The van der Waals surface area contributed by atoms with Gasteiger partial charge in [-0.15, -0.1) is 0 Å². The molecule has 1 aromatic heterocycles.